The summed E-state index contributed by atoms with van der Waals surface area (Å²) < 4.78 is 53.1. The Morgan fingerprint density at radius 1 is 1.19 bits per heavy atom. The Morgan fingerprint density at radius 3 is 2.50 bits per heavy atom. The summed E-state index contributed by atoms with van der Waals surface area (Å²) in [6.45, 7) is -0.0190. The molecule has 0 spiro atoms. The van der Waals surface area contributed by atoms with Crippen molar-refractivity contribution in [3.05, 3.63) is 70.3 Å². The van der Waals surface area contributed by atoms with Crippen LogP contribution in [0, 0.1) is 5.82 Å². The van der Waals surface area contributed by atoms with Crippen LogP contribution < -0.4 is 16.2 Å². The van der Waals surface area contributed by atoms with E-state index in [4.69, 9.17) is 5.11 Å². The molecule has 0 aliphatic rings. The molecule has 2 aromatic heterocycles. The molecule has 2 heterocycles. The van der Waals surface area contributed by atoms with E-state index in [0.717, 1.165) is 11.0 Å². The Kier molecular flexibility index (Phi) is 12.2. The molecule has 0 atom stereocenters. The van der Waals surface area contributed by atoms with E-state index in [1.807, 2.05) is 0 Å². The topological polar surface area (TPSA) is 149 Å². The number of unbranched alkanes of at least 4 members (excludes halogenated alkanes) is 1. The van der Waals surface area contributed by atoms with Gasteiger partial charge in [0.15, 0.2) is 0 Å². The van der Waals surface area contributed by atoms with Crippen molar-refractivity contribution in [3.8, 4) is 0 Å². The van der Waals surface area contributed by atoms with Crippen molar-refractivity contribution in [2.75, 3.05) is 26.5 Å². The van der Waals surface area contributed by atoms with Gasteiger partial charge in [-0.3, -0.25) is 19.0 Å². The predicted molar refractivity (Wildman–Crippen MR) is 148 cm³/mol. The van der Waals surface area contributed by atoms with Crippen LogP contribution in [-0.4, -0.2) is 69.8 Å². The molecule has 0 radical (unpaired) electrons. The van der Waals surface area contributed by atoms with Crippen LogP contribution in [0.25, 0.3) is 10.9 Å². The van der Waals surface area contributed by atoms with Crippen LogP contribution in [0.5, 0.6) is 0 Å². The number of anilines is 1. The second kappa shape index (κ2) is 15.3. The maximum absolute atomic E-state index is 14.0. The largest absolute Gasteiger partial charge is 0.465 e. The fraction of sp³-hybridized carbons (Fsp3) is 0.370. The number of fused-ring (bicyclic) bond motifs is 1. The minimum absolute atomic E-state index is 0.0190. The number of carbonyl (C=O) groups is 3. The van der Waals surface area contributed by atoms with E-state index in [-0.39, 0.29) is 36.5 Å². The Balaban J connectivity index is 0.000000928. The molecule has 0 fully saturated rings. The van der Waals surface area contributed by atoms with Gasteiger partial charge in [-0.05, 0) is 49.1 Å². The highest BCUT2D eigenvalue weighted by molar-refractivity contribution is 5.90. The Labute approximate surface area is 238 Å². The fourth-order valence-electron chi connectivity index (χ4n) is 3.60. The summed E-state index contributed by atoms with van der Waals surface area (Å²) >= 11 is 0. The lowest BCUT2D eigenvalue weighted by molar-refractivity contribution is -0.134. The molecule has 1 aromatic carbocycles. The van der Waals surface area contributed by atoms with Gasteiger partial charge in [-0.1, -0.05) is 6.08 Å². The normalized spacial score (nSPS) is 11.2. The summed E-state index contributed by atoms with van der Waals surface area (Å²) in [6, 6.07) is 3.82. The number of carboxylic acid groups (broad SMARTS) is 1. The number of aryl methyl sites for hydroxylation is 1. The number of alkyl halides is 3. The molecule has 0 saturated heterocycles. The van der Waals surface area contributed by atoms with Crippen molar-refractivity contribution in [3.63, 3.8) is 0 Å². The summed E-state index contributed by atoms with van der Waals surface area (Å²) in [5.41, 5.74) is 0.451. The molecular weight excluding hydrogens is 564 g/mol. The molecular formula is C27H32F4N6O5. The number of hydrogen-bond acceptors (Lipinski definition) is 5. The lowest BCUT2D eigenvalue weighted by Crippen LogP contribution is -2.26. The zero-order valence-corrected chi connectivity index (χ0v) is 23.2. The molecule has 0 bridgehead atoms. The molecule has 0 unspecified atom stereocenters. The lowest BCUT2D eigenvalue weighted by atomic mass is 10.1. The SMILES string of the molecule is CN(C)C(=O)O.CNC(=O)/C=C/CCCC(=O)Nc1cncn(Cc2cc3cc(F)cc(CCC(F)(F)F)c3[nH]2)c1=O. The summed E-state index contributed by atoms with van der Waals surface area (Å²) in [7, 11) is 4.46. The lowest BCUT2D eigenvalue weighted by Gasteiger charge is -2.08. The van der Waals surface area contributed by atoms with E-state index >= 15 is 0 Å². The number of H-pyrrole nitrogens is 1. The second-order valence-corrected chi connectivity index (χ2v) is 9.31. The Hall–Kier alpha value is -4.69. The number of benzene rings is 1. The smallest absolute Gasteiger partial charge is 0.406 e. The standard InChI is InChI=1S/C24H25F4N5O3.C3H7NO2/c1-29-20(34)5-3-2-4-6-21(35)32-19-12-30-14-33(23(19)36)13-18-11-16-10-17(25)9-15(22(16)31-18)7-8-24(26,27)28;1-4(2)3(5)6/h3,5,9-12,14,31H,2,4,6-8,13H2,1H3,(H,29,34)(H,32,35);1-2H3,(H,5,6)/b5-3+;. The Morgan fingerprint density at radius 2 is 1.88 bits per heavy atom. The summed E-state index contributed by atoms with van der Waals surface area (Å²) in [6.07, 6.45) is -0.163. The van der Waals surface area contributed by atoms with Crippen LogP contribution in [0.3, 0.4) is 0 Å². The van der Waals surface area contributed by atoms with Crippen molar-refractivity contribution < 1.29 is 37.1 Å². The number of likely N-dealkylation sites (N-methyl/N-ethyl adjacent to an activating group) is 1. The van der Waals surface area contributed by atoms with Gasteiger partial charge in [0.05, 0.1) is 19.1 Å². The molecule has 11 nitrogen and oxygen atoms in total. The number of nitrogens with one attached hydrogen (secondary N) is 3. The number of carbonyl (C=O) groups excluding carboxylic acids is 2. The van der Waals surface area contributed by atoms with Gasteiger partial charge in [0, 0.05) is 50.6 Å². The summed E-state index contributed by atoms with van der Waals surface area (Å²) in [4.78, 5) is 53.8. The van der Waals surface area contributed by atoms with E-state index in [1.54, 1.807) is 12.1 Å². The first kappa shape index (κ1) is 33.5. The quantitative estimate of drug-likeness (QED) is 0.158. The number of amides is 3. The Bertz CT molecular complexity index is 1480. The third kappa shape index (κ3) is 11.1. The van der Waals surface area contributed by atoms with Crippen LogP contribution in [0.4, 0.5) is 28.0 Å². The van der Waals surface area contributed by atoms with Gasteiger partial charge in [-0.15, -0.1) is 0 Å². The number of hydrogen-bond donors (Lipinski definition) is 4. The van der Waals surface area contributed by atoms with Gasteiger partial charge in [0.2, 0.25) is 11.8 Å². The third-order valence-corrected chi connectivity index (χ3v) is 5.70. The fourth-order valence-corrected chi connectivity index (χ4v) is 3.60. The predicted octanol–water partition coefficient (Wildman–Crippen LogP) is 4.04. The molecule has 3 amide bonds. The van der Waals surface area contributed by atoms with Gasteiger partial charge in [-0.25, -0.2) is 14.2 Å². The van der Waals surface area contributed by atoms with E-state index < -0.39 is 36.0 Å². The molecule has 0 saturated carbocycles. The number of aromatic nitrogens is 3. The number of allylic oxidation sites excluding steroid dienone is 1. The van der Waals surface area contributed by atoms with Crippen molar-refractivity contribution in [2.24, 2.45) is 0 Å². The maximum atomic E-state index is 14.0. The van der Waals surface area contributed by atoms with Crippen molar-refractivity contribution in [2.45, 2.75) is 44.8 Å². The first-order valence-corrected chi connectivity index (χ1v) is 12.7. The minimum Gasteiger partial charge on any atom is -0.465 e. The molecule has 42 heavy (non-hydrogen) atoms. The van der Waals surface area contributed by atoms with Crippen LogP contribution >= 0.6 is 0 Å². The highest BCUT2D eigenvalue weighted by Gasteiger charge is 2.27. The van der Waals surface area contributed by atoms with Crippen LogP contribution in [0.1, 0.15) is 36.9 Å². The van der Waals surface area contributed by atoms with Crippen molar-refractivity contribution >= 4 is 34.5 Å². The van der Waals surface area contributed by atoms with Crippen molar-refractivity contribution in [1.82, 2.24) is 24.8 Å². The molecule has 0 aliphatic carbocycles. The molecule has 3 rings (SSSR count). The summed E-state index contributed by atoms with van der Waals surface area (Å²) in [5.74, 6) is -1.29. The maximum Gasteiger partial charge on any atom is 0.406 e. The first-order chi connectivity index (χ1) is 19.7. The van der Waals surface area contributed by atoms with E-state index in [1.165, 1.54) is 50.4 Å². The third-order valence-electron chi connectivity index (χ3n) is 5.70. The molecule has 4 N–H and O–H groups in total. The molecule has 15 heteroatoms. The van der Waals surface area contributed by atoms with Gasteiger partial charge >= 0.3 is 12.3 Å². The van der Waals surface area contributed by atoms with Gasteiger partial charge in [-0.2, -0.15) is 13.2 Å². The summed E-state index contributed by atoms with van der Waals surface area (Å²) in [5, 5.41) is 13.3. The van der Waals surface area contributed by atoms with E-state index in [9.17, 15) is 36.7 Å². The number of aromatic amines is 1. The van der Waals surface area contributed by atoms with Crippen molar-refractivity contribution in [1.29, 1.82) is 0 Å². The second-order valence-electron chi connectivity index (χ2n) is 9.31. The average Bonchev–Trinajstić information content (AvgIpc) is 3.31. The zero-order valence-electron chi connectivity index (χ0n) is 23.2. The first-order valence-electron chi connectivity index (χ1n) is 12.7. The van der Waals surface area contributed by atoms with Crippen LogP contribution in [0.15, 0.2) is 47.7 Å². The number of halogens is 4. The van der Waals surface area contributed by atoms with Gasteiger partial charge < -0.3 is 25.6 Å². The zero-order chi connectivity index (χ0) is 31.4. The molecule has 228 valence electrons. The average molecular weight is 597 g/mol. The highest BCUT2D eigenvalue weighted by atomic mass is 19.4. The molecule has 3 aromatic rings. The highest BCUT2D eigenvalue weighted by Crippen LogP contribution is 2.27. The minimum atomic E-state index is -4.37. The number of nitrogens with zero attached hydrogens (tertiary/aromatic N) is 3. The molecule has 0 aliphatic heterocycles. The van der Waals surface area contributed by atoms with E-state index in [2.05, 4.69) is 20.6 Å². The van der Waals surface area contributed by atoms with Crippen LogP contribution in [0.2, 0.25) is 0 Å². The van der Waals surface area contributed by atoms with E-state index in [0.29, 0.717) is 29.4 Å². The monoisotopic (exact) mass is 596 g/mol. The van der Waals surface area contributed by atoms with Crippen LogP contribution in [-0.2, 0) is 22.6 Å². The van der Waals surface area contributed by atoms with Gasteiger partial charge in [0.25, 0.3) is 5.56 Å². The van der Waals surface area contributed by atoms with Gasteiger partial charge in [0.1, 0.15) is 11.5 Å². The number of rotatable bonds is 10.